The normalized spacial score (nSPS) is 17.7. The molecule has 1 fully saturated rings. The standard InChI is InChI=1S/C17H18FN3O/c1-12-2-3-13(7-16(12)18)6-14-4-5-21(10-14)17(22)15-8-19-11-20-9-15/h2-3,7-9,11,14H,4-6,10H2,1H3. The zero-order chi connectivity index (χ0) is 15.5. The van der Waals surface area contributed by atoms with Crippen LogP contribution in [0.1, 0.15) is 27.9 Å². The van der Waals surface area contributed by atoms with Crippen LogP contribution in [0, 0.1) is 18.7 Å². The fourth-order valence-electron chi connectivity index (χ4n) is 2.87. The summed E-state index contributed by atoms with van der Waals surface area (Å²) in [4.78, 5) is 21.9. The van der Waals surface area contributed by atoms with Crippen LogP contribution >= 0.6 is 0 Å². The van der Waals surface area contributed by atoms with Crippen LogP contribution in [-0.4, -0.2) is 33.9 Å². The smallest absolute Gasteiger partial charge is 0.256 e. The lowest BCUT2D eigenvalue weighted by atomic mass is 9.98. The molecule has 3 rings (SSSR count). The Labute approximate surface area is 129 Å². The van der Waals surface area contributed by atoms with E-state index in [4.69, 9.17) is 0 Å². The van der Waals surface area contributed by atoms with Gasteiger partial charge in [0.1, 0.15) is 12.1 Å². The van der Waals surface area contributed by atoms with Crippen LogP contribution < -0.4 is 0 Å². The molecule has 0 radical (unpaired) electrons. The van der Waals surface area contributed by atoms with Crippen molar-refractivity contribution in [1.82, 2.24) is 14.9 Å². The molecule has 4 nitrogen and oxygen atoms in total. The number of hydrogen-bond acceptors (Lipinski definition) is 3. The Morgan fingerprint density at radius 3 is 2.86 bits per heavy atom. The van der Waals surface area contributed by atoms with Crippen LogP contribution in [0.15, 0.2) is 36.9 Å². The Bertz CT molecular complexity index is 675. The molecule has 1 aliphatic rings. The van der Waals surface area contributed by atoms with E-state index in [9.17, 15) is 9.18 Å². The van der Waals surface area contributed by atoms with Gasteiger partial charge in [-0.15, -0.1) is 0 Å². The van der Waals surface area contributed by atoms with Gasteiger partial charge in [-0.2, -0.15) is 0 Å². The van der Waals surface area contributed by atoms with Crippen molar-refractivity contribution in [3.8, 4) is 0 Å². The van der Waals surface area contributed by atoms with E-state index in [0.717, 1.165) is 24.9 Å². The highest BCUT2D eigenvalue weighted by molar-refractivity contribution is 5.93. The molecule has 1 aromatic heterocycles. The third-order valence-electron chi connectivity index (χ3n) is 4.14. The molecule has 0 aliphatic carbocycles. The summed E-state index contributed by atoms with van der Waals surface area (Å²) in [5.41, 5.74) is 2.17. The molecule has 1 saturated heterocycles. The predicted molar refractivity (Wildman–Crippen MR) is 80.9 cm³/mol. The van der Waals surface area contributed by atoms with Gasteiger partial charge >= 0.3 is 0 Å². The largest absolute Gasteiger partial charge is 0.338 e. The topological polar surface area (TPSA) is 46.1 Å². The number of benzene rings is 1. The van der Waals surface area contributed by atoms with Crippen molar-refractivity contribution in [1.29, 1.82) is 0 Å². The number of amides is 1. The number of carbonyl (C=O) groups excluding carboxylic acids is 1. The highest BCUT2D eigenvalue weighted by Gasteiger charge is 2.27. The molecule has 22 heavy (non-hydrogen) atoms. The Hall–Kier alpha value is -2.30. The number of carbonyl (C=O) groups is 1. The molecule has 0 saturated carbocycles. The Balaban J connectivity index is 1.62. The minimum Gasteiger partial charge on any atom is -0.338 e. The zero-order valence-corrected chi connectivity index (χ0v) is 12.5. The van der Waals surface area contributed by atoms with Crippen LogP contribution in [-0.2, 0) is 6.42 Å². The van der Waals surface area contributed by atoms with E-state index in [0.29, 0.717) is 23.6 Å². The van der Waals surface area contributed by atoms with Gasteiger partial charge in [0.05, 0.1) is 5.56 Å². The Kier molecular flexibility index (Phi) is 4.13. The average Bonchev–Trinajstić information content (AvgIpc) is 2.99. The first kappa shape index (κ1) is 14.6. The van der Waals surface area contributed by atoms with Gasteiger partial charge in [-0.05, 0) is 42.9 Å². The molecular weight excluding hydrogens is 281 g/mol. The van der Waals surface area contributed by atoms with Crippen LogP contribution in [0.5, 0.6) is 0 Å². The fraction of sp³-hybridized carbons (Fsp3) is 0.353. The van der Waals surface area contributed by atoms with Crippen molar-refractivity contribution < 1.29 is 9.18 Å². The van der Waals surface area contributed by atoms with E-state index in [1.54, 1.807) is 13.0 Å². The van der Waals surface area contributed by atoms with Gasteiger partial charge in [-0.1, -0.05) is 12.1 Å². The molecule has 5 heteroatoms. The molecule has 114 valence electrons. The average molecular weight is 299 g/mol. The summed E-state index contributed by atoms with van der Waals surface area (Å²) in [6.07, 6.45) is 6.23. The second-order valence-corrected chi connectivity index (χ2v) is 5.82. The van der Waals surface area contributed by atoms with Crippen molar-refractivity contribution in [3.63, 3.8) is 0 Å². The van der Waals surface area contributed by atoms with Crippen LogP contribution in [0.2, 0.25) is 0 Å². The van der Waals surface area contributed by atoms with Crippen LogP contribution in [0.25, 0.3) is 0 Å². The molecule has 0 bridgehead atoms. The van der Waals surface area contributed by atoms with Gasteiger partial charge in [0.25, 0.3) is 5.91 Å². The fourth-order valence-corrected chi connectivity index (χ4v) is 2.87. The Morgan fingerprint density at radius 1 is 1.36 bits per heavy atom. The van der Waals surface area contributed by atoms with Crippen molar-refractivity contribution in [2.24, 2.45) is 5.92 Å². The highest BCUT2D eigenvalue weighted by atomic mass is 19.1. The quantitative estimate of drug-likeness (QED) is 0.875. The maximum atomic E-state index is 13.6. The summed E-state index contributed by atoms with van der Waals surface area (Å²) >= 11 is 0. The summed E-state index contributed by atoms with van der Waals surface area (Å²) in [6.45, 7) is 3.19. The highest BCUT2D eigenvalue weighted by Crippen LogP contribution is 2.23. The number of aryl methyl sites for hydroxylation is 1. The summed E-state index contributed by atoms with van der Waals surface area (Å²) in [5.74, 6) is 0.179. The molecule has 1 aliphatic heterocycles. The third kappa shape index (κ3) is 3.13. The van der Waals surface area contributed by atoms with Crippen LogP contribution in [0.3, 0.4) is 0 Å². The first-order valence-electron chi connectivity index (χ1n) is 7.43. The number of nitrogens with zero attached hydrogens (tertiary/aromatic N) is 3. The van der Waals surface area contributed by atoms with Crippen molar-refractivity contribution >= 4 is 5.91 Å². The summed E-state index contributed by atoms with van der Waals surface area (Å²) in [7, 11) is 0. The summed E-state index contributed by atoms with van der Waals surface area (Å²) in [6, 6.07) is 5.38. The van der Waals surface area contributed by atoms with E-state index in [2.05, 4.69) is 9.97 Å². The molecule has 1 aromatic carbocycles. The van der Waals surface area contributed by atoms with Gasteiger partial charge in [0.15, 0.2) is 0 Å². The maximum Gasteiger partial charge on any atom is 0.256 e. The van der Waals surface area contributed by atoms with Crippen LogP contribution in [0.4, 0.5) is 4.39 Å². The van der Waals surface area contributed by atoms with E-state index in [1.165, 1.54) is 18.7 Å². The zero-order valence-electron chi connectivity index (χ0n) is 12.5. The molecule has 0 spiro atoms. The molecule has 1 unspecified atom stereocenters. The van der Waals surface area contributed by atoms with E-state index >= 15 is 0 Å². The second-order valence-electron chi connectivity index (χ2n) is 5.82. The molecule has 0 N–H and O–H groups in total. The number of aromatic nitrogens is 2. The molecule has 1 amide bonds. The molecule has 1 atom stereocenters. The SMILES string of the molecule is Cc1ccc(CC2CCN(C(=O)c3cncnc3)C2)cc1F. The van der Waals surface area contributed by atoms with Crippen molar-refractivity contribution in [2.45, 2.75) is 19.8 Å². The number of rotatable bonds is 3. The molecule has 2 aromatic rings. The lowest BCUT2D eigenvalue weighted by molar-refractivity contribution is 0.0786. The van der Waals surface area contributed by atoms with E-state index in [-0.39, 0.29) is 11.7 Å². The number of likely N-dealkylation sites (tertiary alicyclic amines) is 1. The first-order valence-corrected chi connectivity index (χ1v) is 7.43. The van der Waals surface area contributed by atoms with Gasteiger partial charge in [0.2, 0.25) is 0 Å². The lowest BCUT2D eigenvalue weighted by Gasteiger charge is -2.16. The van der Waals surface area contributed by atoms with Crippen molar-refractivity contribution in [3.05, 3.63) is 59.4 Å². The lowest BCUT2D eigenvalue weighted by Crippen LogP contribution is -2.29. The monoisotopic (exact) mass is 299 g/mol. The molecule has 2 heterocycles. The van der Waals surface area contributed by atoms with Gasteiger partial charge in [0, 0.05) is 25.5 Å². The first-order chi connectivity index (χ1) is 10.6. The van der Waals surface area contributed by atoms with Crippen molar-refractivity contribution in [2.75, 3.05) is 13.1 Å². The second kappa shape index (κ2) is 6.22. The predicted octanol–water partition coefficient (Wildman–Crippen LogP) is 2.63. The minimum absolute atomic E-state index is 0.0295. The van der Waals surface area contributed by atoms with Gasteiger partial charge in [-0.25, -0.2) is 14.4 Å². The summed E-state index contributed by atoms with van der Waals surface area (Å²) < 4.78 is 13.6. The van der Waals surface area contributed by atoms with E-state index in [1.807, 2.05) is 17.0 Å². The van der Waals surface area contributed by atoms with E-state index < -0.39 is 0 Å². The maximum absolute atomic E-state index is 13.6. The number of hydrogen-bond donors (Lipinski definition) is 0. The molecular formula is C17H18FN3O. The summed E-state index contributed by atoms with van der Waals surface area (Å²) in [5, 5.41) is 0. The number of halogens is 1. The van der Waals surface area contributed by atoms with Gasteiger partial charge in [-0.3, -0.25) is 4.79 Å². The third-order valence-corrected chi connectivity index (χ3v) is 4.14. The Morgan fingerprint density at radius 2 is 2.14 bits per heavy atom. The minimum atomic E-state index is -0.162. The van der Waals surface area contributed by atoms with Gasteiger partial charge < -0.3 is 4.90 Å².